The van der Waals surface area contributed by atoms with Gasteiger partial charge in [0, 0.05) is 11.6 Å². The molecule has 15 heavy (non-hydrogen) atoms. The fraction of sp³-hybridized carbons (Fsp3) is 0. The van der Waals surface area contributed by atoms with E-state index < -0.39 is 11.6 Å². The van der Waals surface area contributed by atoms with Crippen molar-refractivity contribution in [3.63, 3.8) is 0 Å². The summed E-state index contributed by atoms with van der Waals surface area (Å²) < 4.78 is 26.4. The van der Waals surface area contributed by atoms with Crippen molar-refractivity contribution in [3.8, 4) is 11.1 Å². The van der Waals surface area contributed by atoms with E-state index in [1.165, 1.54) is 6.07 Å². The number of rotatable bonds is 1. The van der Waals surface area contributed by atoms with Crippen molar-refractivity contribution in [1.29, 1.82) is 0 Å². The summed E-state index contributed by atoms with van der Waals surface area (Å²) in [5.74, 6) is -1.98. The van der Waals surface area contributed by atoms with Gasteiger partial charge in [-0.2, -0.15) is 0 Å². The van der Waals surface area contributed by atoms with Crippen LogP contribution in [0.5, 0.6) is 0 Å². The zero-order valence-electron chi connectivity index (χ0n) is 7.60. The van der Waals surface area contributed by atoms with Crippen LogP contribution in [0.1, 0.15) is 0 Å². The SMILES string of the molecule is Fc1[c]cc(Cl)c(-c2ccccc2)c1F. The monoisotopic (exact) mass is 223 g/mol. The van der Waals surface area contributed by atoms with E-state index in [0.717, 1.165) is 0 Å². The standard InChI is InChI=1S/C12H6ClF2/c13-9-6-7-10(14)12(15)11(9)8-4-2-1-3-5-8/h1-6H. The Hall–Kier alpha value is -1.41. The Kier molecular flexibility index (Phi) is 2.69. The number of hydrogen-bond donors (Lipinski definition) is 0. The molecule has 0 heterocycles. The Bertz CT molecular complexity index is 480. The van der Waals surface area contributed by atoms with E-state index >= 15 is 0 Å². The van der Waals surface area contributed by atoms with E-state index in [1.807, 2.05) is 0 Å². The third-order valence-electron chi connectivity index (χ3n) is 2.04. The number of halogens is 3. The van der Waals surface area contributed by atoms with Gasteiger partial charge in [-0.25, -0.2) is 8.78 Å². The van der Waals surface area contributed by atoms with Crippen LogP contribution in [0.3, 0.4) is 0 Å². The molecule has 1 radical (unpaired) electrons. The second kappa shape index (κ2) is 3.99. The quantitative estimate of drug-likeness (QED) is 0.639. The van der Waals surface area contributed by atoms with Gasteiger partial charge in [0.15, 0.2) is 11.6 Å². The third kappa shape index (κ3) is 1.85. The van der Waals surface area contributed by atoms with Crippen LogP contribution in [0.4, 0.5) is 8.78 Å². The van der Waals surface area contributed by atoms with E-state index in [2.05, 4.69) is 6.07 Å². The fourth-order valence-corrected chi connectivity index (χ4v) is 1.59. The molecule has 0 unspecified atom stereocenters. The van der Waals surface area contributed by atoms with Crippen molar-refractivity contribution < 1.29 is 8.78 Å². The molecule has 75 valence electrons. The maximum absolute atomic E-state index is 13.5. The van der Waals surface area contributed by atoms with Crippen LogP contribution in [0.2, 0.25) is 5.02 Å². The lowest BCUT2D eigenvalue weighted by Crippen LogP contribution is -1.90. The highest BCUT2D eigenvalue weighted by Gasteiger charge is 2.13. The molecular weight excluding hydrogens is 218 g/mol. The van der Waals surface area contributed by atoms with Gasteiger partial charge in [-0.05, 0) is 11.6 Å². The Morgan fingerprint density at radius 2 is 1.73 bits per heavy atom. The number of benzene rings is 2. The van der Waals surface area contributed by atoms with Gasteiger partial charge in [0.25, 0.3) is 0 Å². The van der Waals surface area contributed by atoms with Crippen LogP contribution < -0.4 is 0 Å². The van der Waals surface area contributed by atoms with Crippen LogP contribution in [0.15, 0.2) is 36.4 Å². The molecule has 2 aromatic rings. The van der Waals surface area contributed by atoms with Gasteiger partial charge in [0.1, 0.15) is 0 Å². The van der Waals surface area contributed by atoms with E-state index in [-0.39, 0.29) is 10.6 Å². The van der Waals surface area contributed by atoms with E-state index in [1.54, 1.807) is 30.3 Å². The van der Waals surface area contributed by atoms with Gasteiger partial charge in [0.2, 0.25) is 0 Å². The number of hydrogen-bond acceptors (Lipinski definition) is 0. The summed E-state index contributed by atoms with van der Waals surface area (Å²) in [4.78, 5) is 0. The third-order valence-corrected chi connectivity index (χ3v) is 2.34. The normalized spacial score (nSPS) is 10.3. The molecule has 0 spiro atoms. The highest BCUT2D eigenvalue weighted by molar-refractivity contribution is 6.33. The Labute approximate surface area is 91.1 Å². The second-order valence-electron chi connectivity index (χ2n) is 3.01. The summed E-state index contributed by atoms with van der Waals surface area (Å²) in [6.07, 6.45) is 0. The Morgan fingerprint density at radius 3 is 2.40 bits per heavy atom. The summed E-state index contributed by atoms with van der Waals surface area (Å²) >= 11 is 5.80. The molecule has 0 amide bonds. The summed E-state index contributed by atoms with van der Waals surface area (Å²) in [5, 5.41) is 0.153. The van der Waals surface area contributed by atoms with Gasteiger partial charge < -0.3 is 0 Å². The van der Waals surface area contributed by atoms with Gasteiger partial charge in [-0.15, -0.1) is 0 Å². The molecule has 2 aromatic carbocycles. The van der Waals surface area contributed by atoms with Crippen molar-refractivity contribution in [1.82, 2.24) is 0 Å². The molecule has 0 fully saturated rings. The predicted molar refractivity (Wildman–Crippen MR) is 55.6 cm³/mol. The lowest BCUT2D eigenvalue weighted by Gasteiger charge is -2.05. The van der Waals surface area contributed by atoms with Gasteiger partial charge in [0.05, 0.1) is 5.02 Å². The highest BCUT2D eigenvalue weighted by atomic mass is 35.5. The minimum Gasteiger partial charge on any atom is -0.203 e. The summed E-state index contributed by atoms with van der Waals surface area (Å²) in [6.45, 7) is 0. The molecule has 2 rings (SSSR count). The van der Waals surface area contributed by atoms with Gasteiger partial charge in [-0.3, -0.25) is 0 Å². The van der Waals surface area contributed by atoms with Gasteiger partial charge >= 0.3 is 0 Å². The zero-order chi connectivity index (χ0) is 10.8. The van der Waals surface area contributed by atoms with Crippen molar-refractivity contribution in [3.05, 3.63) is 59.1 Å². The first-order valence-corrected chi connectivity index (χ1v) is 4.68. The summed E-state index contributed by atoms with van der Waals surface area (Å²) in [7, 11) is 0. The first-order valence-electron chi connectivity index (χ1n) is 4.30. The summed E-state index contributed by atoms with van der Waals surface area (Å²) in [5.41, 5.74) is 0.626. The lowest BCUT2D eigenvalue weighted by atomic mass is 10.1. The van der Waals surface area contributed by atoms with Crippen molar-refractivity contribution in [2.45, 2.75) is 0 Å². The average molecular weight is 224 g/mol. The van der Waals surface area contributed by atoms with Gasteiger partial charge in [-0.1, -0.05) is 41.9 Å². The molecule has 0 aliphatic carbocycles. The van der Waals surface area contributed by atoms with Crippen molar-refractivity contribution in [2.24, 2.45) is 0 Å². The lowest BCUT2D eigenvalue weighted by molar-refractivity contribution is 0.510. The maximum atomic E-state index is 13.5. The molecular formula is C12H6ClF2. The maximum Gasteiger partial charge on any atom is 0.168 e. The molecule has 0 nitrogen and oxygen atoms in total. The first-order chi connectivity index (χ1) is 7.20. The second-order valence-corrected chi connectivity index (χ2v) is 3.41. The molecule has 3 heteroatoms. The average Bonchev–Trinajstić information content (AvgIpc) is 2.26. The summed E-state index contributed by atoms with van der Waals surface area (Å²) in [6, 6.07) is 11.9. The van der Waals surface area contributed by atoms with Crippen LogP contribution in [-0.4, -0.2) is 0 Å². The molecule has 0 saturated heterocycles. The minimum absolute atomic E-state index is 0.0773. The Morgan fingerprint density at radius 1 is 1.07 bits per heavy atom. The molecule has 0 aliphatic rings. The predicted octanol–water partition coefficient (Wildman–Crippen LogP) is 4.09. The molecule has 0 aromatic heterocycles. The largest absolute Gasteiger partial charge is 0.203 e. The van der Waals surface area contributed by atoms with Crippen molar-refractivity contribution >= 4 is 11.6 Å². The molecule has 0 aliphatic heterocycles. The molecule has 0 saturated carbocycles. The topological polar surface area (TPSA) is 0 Å². The van der Waals surface area contributed by atoms with E-state index in [4.69, 9.17) is 11.6 Å². The zero-order valence-corrected chi connectivity index (χ0v) is 8.35. The van der Waals surface area contributed by atoms with Crippen molar-refractivity contribution in [2.75, 3.05) is 0 Å². The highest BCUT2D eigenvalue weighted by Crippen LogP contribution is 2.31. The fourth-order valence-electron chi connectivity index (χ4n) is 1.35. The minimum atomic E-state index is -1.02. The van der Waals surface area contributed by atoms with E-state index in [9.17, 15) is 8.78 Å². The van der Waals surface area contributed by atoms with Crippen LogP contribution >= 0.6 is 11.6 Å². The first kappa shape index (κ1) is 10.1. The Balaban J connectivity index is 2.68. The smallest absolute Gasteiger partial charge is 0.168 e. The van der Waals surface area contributed by atoms with Crippen LogP contribution in [-0.2, 0) is 0 Å². The van der Waals surface area contributed by atoms with Crippen LogP contribution in [0.25, 0.3) is 11.1 Å². The molecule has 0 N–H and O–H groups in total. The molecule has 0 bridgehead atoms. The molecule has 0 atom stereocenters. The van der Waals surface area contributed by atoms with Crippen LogP contribution in [0, 0.1) is 17.7 Å². The van der Waals surface area contributed by atoms with E-state index in [0.29, 0.717) is 5.56 Å².